The molecular formula is C10H11BrN4. The van der Waals surface area contributed by atoms with E-state index in [-0.39, 0.29) is 0 Å². The molecule has 1 saturated heterocycles. The van der Waals surface area contributed by atoms with Crippen molar-refractivity contribution in [2.24, 2.45) is 0 Å². The molecule has 0 aliphatic carbocycles. The van der Waals surface area contributed by atoms with Crippen LogP contribution in [0.2, 0.25) is 0 Å². The number of hydrogen-bond acceptors (Lipinski definition) is 3. The highest BCUT2D eigenvalue weighted by atomic mass is 79.9. The van der Waals surface area contributed by atoms with Crippen LogP contribution in [-0.4, -0.2) is 27.5 Å². The van der Waals surface area contributed by atoms with Crippen molar-refractivity contribution in [1.82, 2.24) is 19.7 Å². The van der Waals surface area contributed by atoms with Gasteiger partial charge in [-0.1, -0.05) is 0 Å². The second-order valence-electron chi connectivity index (χ2n) is 3.83. The van der Waals surface area contributed by atoms with Crippen molar-refractivity contribution in [3.05, 3.63) is 28.9 Å². The fraction of sp³-hybridized carbons (Fsp3) is 0.400. The highest BCUT2D eigenvalue weighted by Crippen LogP contribution is 2.24. The van der Waals surface area contributed by atoms with Crippen molar-refractivity contribution in [1.29, 1.82) is 0 Å². The van der Waals surface area contributed by atoms with Gasteiger partial charge in [-0.2, -0.15) is 0 Å². The summed E-state index contributed by atoms with van der Waals surface area (Å²) in [6.07, 6.45) is 6.82. The van der Waals surface area contributed by atoms with E-state index in [1.54, 1.807) is 12.5 Å². The number of nitrogens with one attached hydrogen (secondary N) is 1. The van der Waals surface area contributed by atoms with Crippen molar-refractivity contribution in [3.63, 3.8) is 0 Å². The standard InChI is InChI=1S/C10H11BrN4/c11-8-4-13-6-15-5-9(14-10(8)15)7-1-2-12-3-7/h4-7,12H,1-3H2. The second-order valence-corrected chi connectivity index (χ2v) is 4.68. The molecule has 15 heavy (non-hydrogen) atoms. The van der Waals surface area contributed by atoms with Crippen LogP contribution >= 0.6 is 15.9 Å². The molecule has 78 valence electrons. The molecule has 1 fully saturated rings. The zero-order valence-electron chi connectivity index (χ0n) is 8.15. The lowest BCUT2D eigenvalue weighted by molar-refractivity contribution is 0.741. The first kappa shape index (κ1) is 9.30. The average molecular weight is 267 g/mol. The third-order valence-corrected chi connectivity index (χ3v) is 3.38. The second kappa shape index (κ2) is 3.57. The quantitative estimate of drug-likeness (QED) is 0.852. The van der Waals surface area contributed by atoms with Gasteiger partial charge in [-0.05, 0) is 28.9 Å². The molecule has 2 aromatic heterocycles. The molecule has 0 bridgehead atoms. The maximum atomic E-state index is 4.63. The number of rotatable bonds is 1. The van der Waals surface area contributed by atoms with Crippen LogP contribution in [0.3, 0.4) is 0 Å². The van der Waals surface area contributed by atoms with Gasteiger partial charge in [0.25, 0.3) is 0 Å². The van der Waals surface area contributed by atoms with Crippen LogP contribution in [0.4, 0.5) is 0 Å². The summed E-state index contributed by atoms with van der Waals surface area (Å²) in [7, 11) is 0. The zero-order chi connectivity index (χ0) is 10.3. The van der Waals surface area contributed by atoms with Crippen molar-refractivity contribution in [2.75, 3.05) is 13.1 Å². The summed E-state index contributed by atoms with van der Waals surface area (Å²) in [4.78, 5) is 8.74. The normalized spacial score (nSPS) is 21.3. The van der Waals surface area contributed by atoms with Crippen LogP contribution in [-0.2, 0) is 0 Å². The molecule has 1 aliphatic rings. The summed E-state index contributed by atoms with van der Waals surface area (Å²) in [6.45, 7) is 2.13. The predicted octanol–water partition coefficient (Wildman–Crippen LogP) is 1.57. The molecular weight excluding hydrogens is 256 g/mol. The molecule has 5 heteroatoms. The fourth-order valence-electron chi connectivity index (χ4n) is 2.01. The molecule has 0 saturated carbocycles. The summed E-state index contributed by atoms with van der Waals surface area (Å²) in [5.41, 5.74) is 2.11. The van der Waals surface area contributed by atoms with Gasteiger partial charge in [-0.3, -0.25) is 4.40 Å². The number of halogens is 1. The Kier molecular flexibility index (Phi) is 2.21. The van der Waals surface area contributed by atoms with Crippen molar-refractivity contribution in [2.45, 2.75) is 12.3 Å². The van der Waals surface area contributed by atoms with E-state index in [4.69, 9.17) is 0 Å². The van der Waals surface area contributed by atoms with E-state index in [0.29, 0.717) is 5.92 Å². The molecule has 2 aromatic rings. The van der Waals surface area contributed by atoms with Crippen LogP contribution < -0.4 is 5.32 Å². The highest BCUT2D eigenvalue weighted by Gasteiger charge is 2.19. The smallest absolute Gasteiger partial charge is 0.154 e. The molecule has 1 aliphatic heterocycles. The number of imidazole rings is 1. The number of aromatic nitrogens is 3. The van der Waals surface area contributed by atoms with Crippen molar-refractivity contribution >= 4 is 21.6 Å². The molecule has 0 aromatic carbocycles. The fourth-order valence-corrected chi connectivity index (χ4v) is 2.42. The van der Waals surface area contributed by atoms with Gasteiger partial charge in [0.05, 0.1) is 10.2 Å². The van der Waals surface area contributed by atoms with Gasteiger partial charge >= 0.3 is 0 Å². The first-order valence-electron chi connectivity index (χ1n) is 5.03. The first-order valence-corrected chi connectivity index (χ1v) is 5.83. The summed E-state index contributed by atoms with van der Waals surface area (Å²) in [6, 6.07) is 0. The third-order valence-electron chi connectivity index (χ3n) is 2.82. The monoisotopic (exact) mass is 266 g/mol. The Labute approximate surface area is 95.9 Å². The topological polar surface area (TPSA) is 42.2 Å². The van der Waals surface area contributed by atoms with Gasteiger partial charge in [-0.25, -0.2) is 9.97 Å². The summed E-state index contributed by atoms with van der Waals surface area (Å²) < 4.78 is 2.92. The van der Waals surface area contributed by atoms with E-state index in [2.05, 4.69) is 37.4 Å². The Balaban J connectivity index is 2.09. The van der Waals surface area contributed by atoms with Gasteiger partial charge in [-0.15, -0.1) is 0 Å². The summed E-state index contributed by atoms with van der Waals surface area (Å²) in [5, 5.41) is 3.35. The van der Waals surface area contributed by atoms with Crippen molar-refractivity contribution in [3.8, 4) is 0 Å². The molecule has 4 nitrogen and oxygen atoms in total. The van der Waals surface area contributed by atoms with E-state index in [1.165, 1.54) is 6.42 Å². The minimum Gasteiger partial charge on any atom is -0.316 e. The lowest BCUT2D eigenvalue weighted by Gasteiger charge is -2.01. The summed E-state index contributed by atoms with van der Waals surface area (Å²) >= 11 is 3.46. The molecule has 0 amide bonds. The van der Waals surface area contributed by atoms with E-state index >= 15 is 0 Å². The minimum atomic E-state index is 0.553. The Morgan fingerprint density at radius 1 is 1.53 bits per heavy atom. The van der Waals surface area contributed by atoms with Crippen molar-refractivity contribution < 1.29 is 0 Å². The van der Waals surface area contributed by atoms with E-state index in [9.17, 15) is 0 Å². The zero-order valence-corrected chi connectivity index (χ0v) is 9.74. The van der Waals surface area contributed by atoms with Gasteiger partial charge in [0.15, 0.2) is 5.65 Å². The number of nitrogens with zero attached hydrogens (tertiary/aromatic N) is 3. The van der Waals surface area contributed by atoms with Crippen LogP contribution in [0.15, 0.2) is 23.2 Å². The molecule has 1 atom stereocenters. The maximum absolute atomic E-state index is 4.63. The largest absolute Gasteiger partial charge is 0.316 e. The van der Waals surface area contributed by atoms with Crippen LogP contribution in [0.25, 0.3) is 5.65 Å². The van der Waals surface area contributed by atoms with E-state index < -0.39 is 0 Å². The van der Waals surface area contributed by atoms with E-state index in [0.717, 1.165) is 28.9 Å². The molecule has 3 rings (SSSR count). The van der Waals surface area contributed by atoms with E-state index in [1.807, 2.05) is 4.40 Å². The Morgan fingerprint density at radius 3 is 3.20 bits per heavy atom. The molecule has 0 spiro atoms. The molecule has 0 radical (unpaired) electrons. The Morgan fingerprint density at radius 2 is 2.47 bits per heavy atom. The highest BCUT2D eigenvalue weighted by molar-refractivity contribution is 9.10. The predicted molar refractivity (Wildman–Crippen MR) is 60.9 cm³/mol. The maximum Gasteiger partial charge on any atom is 0.154 e. The lowest BCUT2D eigenvalue weighted by atomic mass is 10.1. The van der Waals surface area contributed by atoms with Crippen LogP contribution in [0.5, 0.6) is 0 Å². The SMILES string of the molecule is Brc1cncn2cc(C3CCNC3)nc12. The van der Waals surface area contributed by atoms with Crippen LogP contribution in [0, 0.1) is 0 Å². The van der Waals surface area contributed by atoms with Gasteiger partial charge in [0.2, 0.25) is 0 Å². The summed E-state index contributed by atoms with van der Waals surface area (Å²) in [5.74, 6) is 0.553. The Hall–Kier alpha value is -0.940. The lowest BCUT2D eigenvalue weighted by Crippen LogP contribution is -2.07. The van der Waals surface area contributed by atoms with Gasteiger partial charge in [0.1, 0.15) is 6.33 Å². The molecule has 1 unspecified atom stereocenters. The first-order chi connectivity index (χ1) is 7.34. The number of fused-ring (bicyclic) bond motifs is 1. The molecule has 3 heterocycles. The minimum absolute atomic E-state index is 0.553. The Bertz CT molecular complexity index is 487. The van der Waals surface area contributed by atoms with Gasteiger partial charge < -0.3 is 5.32 Å². The van der Waals surface area contributed by atoms with Gasteiger partial charge in [0, 0.05) is 24.9 Å². The number of hydrogen-bond donors (Lipinski definition) is 1. The third kappa shape index (κ3) is 1.55. The average Bonchev–Trinajstić information content (AvgIpc) is 2.86. The molecule has 1 N–H and O–H groups in total. The van der Waals surface area contributed by atoms with Crippen LogP contribution in [0.1, 0.15) is 18.0 Å².